The minimum Gasteiger partial charge on any atom is -0.340 e. The summed E-state index contributed by atoms with van der Waals surface area (Å²) in [5.41, 5.74) is 8.33. The number of likely N-dealkylation sites (tertiary alicyclic amines) is 1. The number of amides is 1. The Kier molecular flexibility index (Phi) is 5.52. The molecule has 3 nitrogen and oxygen atoms in total. The number of piperidine rings is 1. The van der Waals surface area contributed by atoms with Crippen molar-refractivity contribution in [1.82, 2.24) is 4.90 Å². The summed E-state index contributed by atoms with van der Waals surface area (Å²) in [5, 5.41) is 0. The predicted molar refractivity (Wildman–Crippen MR) is 88.1 cm³/mol. The van der Waals surface area contributed by atoms with E-state index < -0.39 is 0 Å². The average molecular weight is 357 g/mol. The lowest BCUT2D eigenvalue weighted by atomic mass is 10.1. The first kappa shape index (κ1) is 15.9. The van der Waals surface area contributed by atoms with Gasteiger partial charge < -0.3 is 10.6 Å². The molecule has 20 heavy (non-hydrogen) atoms. The van der Waals surface area contributed by atoms with E-state index in [4.69, 9.17) is 5.73 Å². The molecule has 1 aromatic rings. The number of hydrogen-bond acceptors (Lipinski definition) is 3. The zero-order valence-corrected chi connectivity index (χ0v) is 14.4. The maximum atomic E-state index is 12.2. The number of benzene rings is 1. The fourth-order valence-corrected chi connectivity index (χ4v) is 3.84. The summed E-state index contributed by atoms with van der Waals surface area (Å²) in [7, 11) is 0. The van der Waals surface area contributed by atoms with Gasteiger partial charge in [-0.3, -0.25) is 4.79 Å². The number of carbonyl (C=O) groups excluding carboxylic acids is 1. The minimum absolute atomic E-state index is 0.148. The average Bonchev–Trinajstić information content (AvgIpc) is 2.41. The topological polar surface area (TPSA) is 46.3 Å². The Morgan fingerprint density at radius 2 is 2.20 bits per heavy atom. The highest BCUT2D eigenvalue weighted by molar-refractivity contribution is 9.10. The molecule has 0 spiro atoms. The van der Waals surface area contributed by atoms with E-state index in [-0.39, 0.29) is 11.9 Å². The third-order valence-electron chi connectivity index (χ3n) is 3.62. The molecule has 2 rings (SSSR count). The molecule has 0 radical (unpaired) electrons. The fourth-order valence-electron chi connectivity index (χ4n) is 2.38. The van der Waals surface area contributed by atoms with Gasteiger partial charge in [0.2, 0.25) is 5.91 Å². The van der Waals surface area contributed by atoms with Crippen molar-refractivity contribution < 1.29 is 4.79 Å². The highest BCUT2D eigenvalue weighted by Crippen LogP contribution is 2.28. The van der Waals surface area contributed by atoms with Crippen LogP contribution in [-0.4, -0.2) is 35.7 Å². The molecule has 2 N–H and O–H groups in total. The molecule has 1 heterocycles. The van der Waals surface area contributed by atoms with Gasteiger partial charge in [-0.25, -0.2) is 0 Å². The zero-order valence-electron chi connectivity index (χ0n) is 12.0. The Labute approximate surface area is 133 Å². The second-order valence-electron chi connectivity index (χ2n) is 5.40. The Morgan fingerprint density at radius 3 is 2.90 bits per heavy atom. The molecule has 1 saturated heterocycles. The van der Waals surface area contributed by atoms with Gasteiger partial charge in [-0.1, -0.05) is 15.9 Å². The molecule has 1 atom stereocenters. The number of nitrogens with zero attached hydrogens (tertiary/aromatic N) is 1. The van der Waals surface area contributed by atoms with Gasteiger partial charge in [0.05, 0.1) is 5.75 Å². The van der Waals surface area contributed by atoms with Crippen molar-refractivity contribution in [2.45, 2.75) is 37.6 Å². The molecule has 1 aliphatic rings. The van der Waals surface area contributed by atoms with Crippen molar-refractivity contribution in [2.75, 3.05) is 18.8 Å². The van der Waals surface area contributed by atoms with Gasteiger partial charge in [0, 0.05) is 28.5 Å². The van der Waals surface area contributed by atoms with Crippen LogP contribution in [0, 0.1) is 13.8 Å². The van der Waals surface area contributed by atoms with Crippen molar-refractivity contribution in [1.29, 1.82) is 0 Å². The Morgan fingerprint density at radius 1 is 1.45 bits per heavy atom. The molecule has 1 amide bonds. The maximum Gasteiger partial charge on any atom is 0.232 e. The summed E-state index contributed by atoms with van der Waals surface area (Å²) in [6.45, 7) is 5.70. The third-order valence-corrected chi connectivity index (χ3v) is 5.61. The summed E-state index contributed by atoms with van der Waals surface area (Å²) < 4.78 is 1.12. The second-order valence-corrected chi connectivity index (χ2v) is 7.27. The SMILES string of the molecule is Cc1cc(SCC(=O)N2CCCC(N)C2)c(C)cc1Br. The van der Waals surface area contributed by atoms with E-state index in [0.29, 0.717) is 12.3 Å². The fraction of sp³-hybridized carbons (Fsp3) is 0.533. The summed E-state index contributed by atoms with van der Waals surface area (Å²) in [4.78, 5) is 15.3. The monoisotopic (exact) mass is 356 g/mol. The Bertz CT molecular complexity index is 507. The van der Waals surface area contributed by atoms with Crippen molar-refractivity contribution in [3.05, 3.63) is 27.7 Å². The normalized spacial score (nSPS) is 19.2. The van der Waals surface area contributed by atoms with Gasteiger partial charge in [-0.15, -0.1) is 11.8 Å². The van der Waals surface area contributed by atoms with Crippen molar-refractivity contribution in [3.8, 4) is 0 Å². The van der Waals surface area contributed by atoms with Crippen LogP contribution in [0.5, 0.6) is 0 Å². The molecule has 0 bridgehead atoms. The van der Waals surface area contributed by atoms with Crippen LogP contribution in [0.15, 0.2) is 21.5 Å². The first-order valence-electron chi connectivity index (χ1n) is 6.90. The highest BCUT2D eigenvalue weighted by atomic mass is 79.9. The summed E-state index contributed by atoms with van der Waals surface area (Å²) in [6.07, 6.45) is 2.05. The quantitative estimate of drug-likeness (QED) is 0.846. The molecular weight excluding hydrogens is 336 g/mol. The predicted octanol–water partition coefficient (Wildman–Crippen LogP) is 3.11. The summed E-state index contributed by atoms with van der Waals surface area (Å²) in [5.74, 6) is 0.694. The molecule has 0 aromatic heterocycles. The molecule has 1 aromatic carbocycles. The zero-order chi connectivity index (χ0) is 14.7. The second kappa shape index (κ2) is 6.96. The van der Waals surface area contributed by atoms with Crippen LogP contribution < -0.4 is 5.73 Å². The molecular formula is C15H21BrN2OS. The first-order chi connectivity index (χ1) is 9.47. The van der Waals surface area contributed by atoms with Gasteiger partial charge in [-0.05, 0) is 49.9 Å². The van der Waals surface area contributed by atoms with Crippen LogP contribution in [-0.2, 0) is 4.79 Å². The lowest BCUT2D eigenvalue weighted by Gasteiger charge is -2.30. The molecule has 0 saturated carbocycles. The van der Waals surface area contributed by atoms with Crippen LogP contribution in [0.3, 0.4) is 0 Å². The molecule has 1 unspecified atom stereocenters. The van der Waals surface area contributed by atoms with E-state index in [9.17, 15) is 4.79 Å². The van der Waals surface area contributed by atoms with Gasteiger partial charge in [0.1, 0.15) is 0 Å². The molecule has 110 valence electrons. The number of rotatable bonds is 3. The third kappa shape index (κ3) is 3.99. The van der Waals surface area contributed by atoms with E-state index >= 15 is 0 Å². The first-order valence-corrected chi connectivity index (χ1v) is 8.68. The van der Waals surface area contributed by atoms with Gasteiger partial charge in [0.15, 0.2) is 0 Å². The van der Waals surface area contributed by atoms with Crippen molar-refractivity contribution in [2.24, 2.45) is 5.73 Å². The van der Waals surface area contributed by atoms with Crippen molar-refractivity contribution >= 4 is 33.6 Å². The lowest BCUT2D eigenvalue weighted by Crippen LogP contribution is -2.46. The van der Waals surface area contributed by atoms with E-state index in [1.165, 1.54) is 16.0 Å². The van der Waals surface area contributed by atoms with E-state index in [2.05, 4.69) is 41.9 Å². The largest absolute Gasteiger partial charge is 0.340 e. The molecule has 0 aliphatic carbocycles. The molecule has 1 fully saturated rings. The molecule has 5 heteroatoms. The van der Waals surface area contributed by atoms with Crippen LogP contribution in [0.25, 0.3) is 0 Å². The number of thioether (sulfide) groups is 1. The van der Waals surface area contributed by atoms with Crippen LogP contribution in [0.2, 0.25) is 0 Å². The maximum absolute atomic E-state index is 12.2. The smallest absolute Gasteiger partial charge is 0.232 e. The lowest BCUT2D eigenvalue weighted by molar-refractivity contribution is -0.129. The van der Waals surface area contributed by atoms with Gasteiger partial charge >= 0.3 is 0 Å². The van der Waals surface area contributed by atoms with E-state index in [1.54, 1.807) is 11.8 Å². The van der Waals surface area contributed by atoms with E-state index in [1.807, 2.05) is 4.90 Å². The summed E-state index contributed by atoms with van der Waals surface area (Å²) in [6, 6.07) is 4.40. The number of aryl methyl sites for hydroxylation is 2. The van der Waals surface area contributed by atoms with Crippen LogP contribution in [0.1, 0.15) is 24.0 Å². The standard InChI is InChI=1S/C15H21BrN2OS/c1-10-7-14(11(2)6-13(10)16)20-9-15(19)18-5-3-4-12(17)8-18/h6-7,12H,3-5,8-9,17H2,1-2H3. The summed E-state index contributed by atoms with van der Waals surface area (Å²) >= 11 is 5.15. The molecule has 1 aliphatic heterocycles. The Balaban J connectivity index is 1.95. The van der Waals surface area contributed by atoms with E-state index in [0.717, 1.165) is 23.9 Å². The van der Waals surface area contributed by atoms with Crippen LogP contribution in [0.4, 0.5) is 0 Å². The van der Waals surface area contributed by atoms with Gasteiger partial charge in [-0.2, -0.15) is 0 Å². The number of hydrogen-bond donors (Lipinski definition) is 1. The number of nitrogens with two attached hydrogens (primary N) is 1. The van der Waals surface area contributed by atoms with Crippen LogP contribution >= 0.6 is 27.7 Å². The highest BCUT2D eigenvalue weighted by Gasteiger charge is 2.21. The number of carbonyl (C=O) groups is 1. The van der Waals surface area contributed by atoms with Gasteiger partial charge in [0.25, 0.3) is 0 Å². The number of halogens is 1. The minimum atomic E-state index is 0.148. The van der Waals surface area contributed by atoms with Crippen molar-refractivity contribution in [3.63, 3.8) is 0 Å². The Hall–Kier alpha value is -0.520.